The number of hydrogen-bond acceptors (Lipinski definition) is 1. The van der Waals surface area contributed by atoms with E-state index in [1.165, 1.54) is 11.6 Å². The Morgan fingerprint density at radius 1 is 1.21 bits per heavy atom. The van der Waals surface area contributed by atoms with Crippen LogP contribution >= 0.6 is 15.9 Å². The van der Waals surface area contributed by atoms with Crippen molar-refractivity contribution in [3.63, 3.8) is 0 Å². The Morgan fingerprint density at radius 3 is 2.68 bits per heavy atom. The van der Waals surface area contributed by atoms with Crippen LogP contribution in [0.4, 0.5) is 4.39 Å². The summed E-state index contributed by atoms with van der Waals surface area (Å²) in [6.45, 7) is 4.80. The largest absolute Gasteiger partial charge is 0.306 e. The Bertz CT molecular complexity index is 568. The smallest absolute Gasteiger partial charge is 0.123 e. The monoisotopic (exact) mass is 321 g/mol. The van der Waals surface area contributed by atoms with Crippen molar-refractivity contribution >= 4 is 15.9 Å². The van der Waals surface area contributed by atoms with Crippen molar-refractivity contribution in [1.82, 2.24) is 5.32 Å². The summed E-state index contributed by atoms with van der Waals surface area (Å²) < 4.78 is 14.1. The van der Waals surface area contributed by atoms with Crippen molar-refractivity contribution in [2.24, 2.45) is 0 Å². The van der Waals surface area contributed by atoms with Crippen molar-refractivity contribution in [2.75, 3.05) is 0 Å². The van der Waals surface area contributed by atoms with E-state index >= 15 is 0 Å². The zero-order valence-corrected chi connectivity index (χ0v) is 12.7. The topological polar surface area (TPSA) is 12.0 Å². The van der Waals surface area contributed by atoms with Crippen molar-refractivity contribution in [1.29, 1.82) is 0 Å². The Hall–Kier alpha value is -1.19. The van der Waals surface area contributed by atoms with Crippen LogP contribution < -0.4 is 5.32 Å². The number of aryl methyl sites for hydroxylation is 1. The maximum absolute atomic E-state index is 13.0. The molecule has 0 saturated heterocycles. The first kappa shape index (κ1) is 14.2. The molecule has 100 valence electrons. The molecule has 0 radical (unpaired) electrons. The summed E-state index contributed by atoms with van der Waals surface area (Å²) in [5, 5.41) is 3.46. The van der Waals surface area contributed by atoms with E-state index < -0.39 is 0 Å². The summed E-state index contributed by atoms with van der Waals surface area (Å²) in [5.41, 5.74) is 3.34. The summed E-state index contributed by atoms with van der Waals surface area (Å²) in [4.78, 5) is 0. The van der Waals surface area contributed by atoms with Gasteiger partial charge in [0.15, 0.2) is 0 Å². The predicted octanol–water partition coefficient (Wildman–Crippen LogP) is 4.75. The SMILES string of the molecule is Cc1cc(F)ccc1CN[C@@H](C)c1cccc(Br)c1. The van der Waals surface area contributed by atoms with Crippen LogP contribution in [0, 0.1) is 12.7 Å². The average Bonchev–Trinajstić information content (AvgIpc) is 2.37. The van der Waals surface area contributed by atoms with E-state index in [1.807, 2.05) is 25.1 Å². The van der Waals surface area contributed by atoms with Gasteiger partial charge in [-0.05, 0) is 54.8 Å². The van der Waals surface area contributed by atoms with E-state index in [0.717, 1.165) is 22.1 Å². The fourth-order valence-electron chi connectivity index (χ4n) is 2.01. The van der Waals surface area contributed by atoms with Crippen LogP contribution in [0.2, 0.25) is 0 Å². The maximum Gasteiger partial charge on any atom is 0.123 e. The Kier molecular flexibility index (Phi) is 4.72. The minimum atomic E-state index is -0.179. The van der Waals surface area contributed by atoms with E-state index in [0.29, 0.717) is 0 Å². The van der Waals surface area contributed by atoms with Gasteiger partial charge in [-0.2, -0.15) is 0 Å². The minimum absolute atomic E-state index is 0.179. The van der Waals surface area contributed by atoms with Gasteiger partial charge in [0, 0.05) is 17.1 Å². The fourth-order valence-corrected chi connectivity index (χ4v) is 2.43. The first-order valence-corrected chi connectivity index (χ1v) is 7.09. The zero-order valence-electron chi connectivity index (χ0n) is 11.1. The Labute approximate surface area is 122 Å². The molecule has 19 heavy (non-hydrogen) atoms. The summed E-state index contributed by atoms with van der Waals surface area (Å²) >= 11 is 3.48. The molecule has 3 heteroatoms. The number of hydrogen-bond donors (Lipinski definition) is 1. The molecule has 0 amide bonds. The lowest BCUT2D eigenvalue weighted by atomic mass is 10.1. The van der Waals surface area contributed by atoms with Crippen LogP contribution in [0.5, 0.6) is 0 Å². The van der Waals surface area contributed by atoms with Crippen LogP contribution in [0.3, 0.4) is 0 Å². The van der Waals surface area contributed by atoms with Crippen LogP contribution in [0.15, 0.2) is 46.9 Å². The van der Waals surface area contributed by atoms with E-state index in [4.69, 9.17) is 0 Å². The van der Waals surface area contributed by atoms with E-state index in [1.54, 1.807) is 6.07 Å². The van der Waals surface area contributed by atoms with Crippen LogP contribution in [0.1, 0.15) is 29.7 Å². The van der Waals surface area contributed by atoms with Gasteiger partial charge in [-0.15, -0.1) is 0 Å². The quantitative estimate of drug-likeness (QED) is 0.857. The van der Waals surface area contributed by atoms with Gasteiger partial charge in [0.2, 0.25) is 0 Å². The molecule has 0 aliphatic rings. The second-order valence-electron chi connectivity index (χ2n) is 4.73. The molecule has 0 fully saturated rings. The molecular formula is C16H17BrFN. The van der Waals surface area contributed by atoms with Gasteiger partial charge in [-0.25, -0.2) is 4.39 Å². The summed E-state index contributed by atoms with van der Waals surface area (Å²) in [6.07, 6.45) is 0. The summed E-state index contributed by atoms with van der Waals surface area (Å²) in [7, 11) is 0. The highest BCUT2D eigenvalue weighted by Crippen LogP contribution is 2.19. The van der Waals surface area contributed by atoms with E-state index in [2.05, 4.69) is 40.3 Å². The van der Waals surface area contributed by atoms with Gasteiger partial charge < -0.3 is 5.32 Å². The van der Waals surface area contributed by atoms with Crippen molar-refractivity contribution in [3.05, 3.63) is 69.4 Å². The van der Waals surface area contributed by atoms with Crippen LogP contribution in [-0.2, 0) is 6.54 Å². The molecule has 0 aromatic heterocycles. The molecule has 0 unspecified atom stereocenters. The van der Waals surface area contributed by atoms with Gasteiger partial charge in [0.1, 0.15) is 5.82 Å². The molecule has 1 nitrogen and oxygen atoms in total. The van der Waals surface area contributed by atoms with E-state index in [9.17, 15) is 4.39 Å². The molecule has 0 saturated carbocycles. The van der Waals surface area contributed by atoms with E-state index in [-0.39, 0.29) is 11.9 Å². The molecule has 0 bridgehead atoms. The standard InChI is InChI=1S/C16H17BrFN/c1-11-8-16(18)7-6-14(11)10-19-12(2)13-4-3-5-15(17)9-13/h3-9,12,19H,10H2,1-2H3/t12-/m0/s1. The Balaban J connectivity index is 2.02. The number of nitrogens with one attached hydrogen (secondary N) is 1. The Morgan fingerprint density at radius 2 is 2.00 bits per heavy atom. The lowest BCUT2D eigenvalue weighted by Crippen LogP contribution is -2.18. The highest BCUT2D eigenvalue weighted by Gasteiger charge is 2.06. The third kappa shape index (κ3) is 3.88. The van der Waals surface area contributed by atoms with Crippen molar-refractivity contribution in [2.45, 2.75) is 26.4 Å². The van der Waals surface area contributed by atoms with Gasteiger partial charge in [0.05, 0.1) is 0 Å². The lowest BCUT2D eigenvalue weighted by molar-refractivity contribution is 0.571. The second-order valence-corrected chi connectivity index (χ2v) is 5.64. The fraction of sp³-hybridized carbons (Fsp3) is 0.250. The zero-order chi connectivity index (χ0) is 13.8. The molecule has 2 aromatic carbocycles. The predicted molar refractivity (Wildman–Crippen MR) is 80.5 cm³/mol. The van der Waals surface area contributed by atoms with Crippen molar-refractivity contribution < 1.29 is 4.39 Å². The number of halogens is 2. The molecule has 1 N–H and O–H groups in total. The third-order valence-corrected chi connectivity index (χ3v) is 3.75. The average molecular weight is 322 g/mol. The molecule has 0 aliphatic carbocycles. The third-order valence-electron chi connectivity index (χ3n) is 3.25. The molecule has 0 spiro atoms. The highest BCUT2D eigenvalue weighted by atomic mass is 79.9. The van der Waals surface area contributed by atoms with Crippen LogP contribution in [0.25, 0.3) is 0 Å². The minimum Gasteiger partial charge on any atom is -0.306 e. The molecule has 2 rings (SSSR count). The van der Waals surface area contributed by atoms with Gasteiger partial charge in [-0.3, -0.25) is 0 Å². The summed E-state index contributed by atoms with van der Waals surface area (Å²) in [5.74, 6) is -0.179. The molecular weight excluding hydrogens is 305 g/mol. The normalized spacial score (nSPS) is 12.4. The van der Waals surface area contributed by atoms with Crippen LogP contribution in [-0.4, -0.2) is 0 Å². The first-order chi connectivity index (χ1) is 9.06. The highest BCUT2D eigenvalue weighted by molar-refractivity contribution is 9.10. The second kappa shape index (κ2) is 6.31. The molecule has 2 aromatic rings. The van der Waals surface area contributed by atoms with Gasteiger partial charge >= 0.3 is 0 Å². The number of benzene rings is 2. The molecule has 0 aliphatic heterocycles. The first-order valence-electron chi connectivity index (χ1n) is 6.30. The van der Waals surface area contributed by atoms with Crippen molar-refractivity contribution in [3.8, 4) is 0 Å². The number of rotatable bonds is 4. The maximum atomic E-state index is 13.0. The van der Waals surface area contributed by atoms with Gasteiger partial charge in [-0.1, -0.05) is 34.1 Å². The molecule has 0 heterocycles. The van der Waals surface area contributed by atoms with Gasteiger partial charge in [0.25, 0.3) is 0 Å². The summed E-state index contributed by atoms with van der Waals surface area (Å²) in [6, 6.07) is 13.4. The lowest BCUT2D eigenvalue weighted by Gasteiger charge is -2.15. The molecule has 1 atom stereocenters.